The Hall–Kier alpha value is -1.18. The number of benzene rings is 1. The van der Waals surface area contributed by atoms with E-state index >= 15 is 0 Å². The van der Waals surface area contributed by atoms with E-state index in [0.717, 1.165) is 11.3 Å². The molecule has 2 N–H and O–H groups in total. The van der Waals surface area contributed by atoms with E-state index in [9.17, 15) is 0 Å². The number of nitrogens with zero attached hydrogens (tertiary/aromatic N) is 1. The molecule has 0 aliphatic heterocycles. The molecule has 0 atom stereocenters. The lowest BCUT2D eigenvalue weighted by atomic mass is 10.2. The second kappa shape index (κ2) is 6.33. The average Bonchev–Trinajstić information content (AvgIpc) is 2.29. The van der Waals surface area contributed by atoms with E-state index in [1.54, 1.807) is 11.8 Å². The largest absolute Gasteiger partial charge is 0.492 e. The summed E-state index contributed by atoms with van der Waals surface area (Å²) in [6, 6.07) is 7.79. The zero-order valence-electron chi connectivity index (χ0n) is 8.69. The van der Waals surface area contributed by atoms with Crippen molar-refractivity contribution in [1.82, 2.24) is 0 Å². The zero-order chi connectivity index (χ0) is 11.1. The van der Waals surface area contributed by atoms with Crippen molar-refractivity contribution in [3.8, 4) is 11.8 Å². The Morgan fingerprint density at radius 1 is 1.53 bits per heavy atom. The molecule has 0 bridgehead atoms. The minimum atomic E-state index is 0.559. The van der Waals surface area contributed by atoms with Crippen LogP contribution in [-0.2, 0) is 0 Å². The molecular formula is C11H14N2OS. The first-order valence-electron chi connectivity index (χ1n) is 4.73. The van der Waals surface area contributed by atoms with E-state index in [1.165, 1.54) is 0 Å². The van der Waals surface area contributed by atoms with Gasteiger partial charge in [-0.15, -0.1) is 11.8 Å². The molecule has 0 aliphatic carbocycles. The van der Waals surface area contributed by atoms with Gasteiger partial charge in [0, 0.05) is 4.90 Å². The van der Waals surface area contributed by atoms with E-state index in [4.69, 9.17) is 15.7 Å². The number of nitrogens with two attached hydrogens (primary N) is 1. The lowest BCUT2D eigenvalue weighted by Gasteiger charge is -2.09. The molecule has 80 valence electrons. The molecule has 0 spiro atoms. The lowest BCUT2D eigenvalue weighted by molar-refractivity contribution is 0.312. The van der Waals surface area contributed by atoms with Crippen molar-refractivity contribution in [3.05, 3.63) is 23.8 Å². The van der Waals surface area contributed by atoms with E-state index in [0.29, 0.717) is 24.5 Å². The third-order valence-corrected chi connectivity index (χ3v) is 2.71. The van der Waals surface area contributed by atoms with Crippen LogP contribution in [0.5, 0.6) is 5.75 Å². The number of ether oxygens (including phenoxy) is 1. The van der Waals surface area contributed by atoms with E-state index in [2.05, 4.69) is 6.07 Å². The molecule has 1 aromatic rings. The van der Waals surface area contributed by atoms with E-state index < -0.39 is 0 Å². The molecular weight excluding hydrogens is 208 g/mol. The van der Waals surface area contributed by atoms with Crippen molar-refractivity contribution in [2.24, 2.45) is 5.73 Å². The fourth-order valence-electron chi connectivity index (χ4n) is 1.18. The molecule has 0 heterocycles. The molecule has 0 aliphatic rings. The standard InChI is InChI=1S/C11H14N2OS/c1-15-11-5-2-4-10(9(11)8-13)14-7-3-6-12/h2,4-5H,3,6-7,12H2,1H3. The summed E-state index contributed by atoms with van der Waals surface area (Å²) in [5, 5.41) is 9.02. The summed E-state index contributed by atoms with van der Waals surface area (Å²) in [4.78, 5) is 0.947. The van der Waals surface area contributed by atoms with E-state index in [1.807, 2.05) is 24.5 Å². The Kier molecular flexibility index (Phi) is 5.02. The monoisotopic (exact) mass is 222 g/mol. The van der Waals surface area contributed by atoms with Crippen molar-refractivity contribution in [2.75, 3.05) is 19.4 Å². The van der Waals surface area contributed by atoms with Crippen LogP contribution in [0.25, 0.3) is 0 Å². The second-order valence-corrected chi connectivity index (χ2v) is 3.78. The molecule has 3 nitrogen and oxygen atoms in total. The maximum absolute atomic E-state index is 9.02. The molecule has 0 saturated carbocycles. The van der Waals surface area contributed by atoms with Gasteiger partial charge in [-0.3, -0.25) is 0 Å². The molecule has 1 aromatic carbocycles. The number of hydrogen-bond acceptors (Lipinski definition) is 4. The normalized spacial score (nSPS) is 9.67. The summed E-state index contributed by atoms with van der Waals surface area (Å²) in [7, 11) is 0. The first kappa shape index (κ1) is 11.9. The lowest BCUT2D eigenvalue weighted by Crippen LogP contribution is -2.06. The summed E-state index contributed by atoms with van der Waals surface area (Å²) in [6.45, 7) is 1.16. The van der Waals surface area contributed by atoms with Crippen LogP contribution in [0.3, 0.4) is 0 Å². The van der Waals surface area contributed by atoms with Gasteiger partial charge in [0.15, 0.2) is 0 Å². The third kappa shape index (κ3) is 3.15. The Balaban J connectivity index is 2.83. The molecule has 0 radical (unpaired) electrons. The topological polar surface area (TPSA) is 59.0 Å². The summed E-state index contributed by atoms with van der Waals surface area (Å²) < 4.78 is 5.50. The maximum Gasteiger partial charge on any atom is 0.138 e. The molecule has 15 heavy (non-hydrogen) atoms. The Morgan fingerprint density at radius 2 is 2.33 bits per heavy atom. The Morgan fingerprint density at radius 3 is 2.93 bits per heavy atom. The van der Waals surface area contributed by atoms with Crippen LogP contribution in [0.15, 0.2) is 23.1 Å². The highest BCUT2D eigenvalue weighted by atomic mass is 32.2. The summed E-state index contributed by atoms with van der Waals surface area (Å²) in [6.07, 6.45) is 2.74. The van der Waals surface area contributed by atoms with Gasteiger partial charge < -0.3 is 10.5 Å². The fourth-order valence-corrected chi connectivity index (χ4v) is 1.74. The van der Waals surface area contributed by atoms with Crippen LogP contribution < -0.4 is 10.5 Å². The van der Waals surface area contributed by atoms with E-state index in [-0.39, 0.29) is 0 Å². The number of rotatable bonds is 5. The van der Waals surface area contributed by atoms with Crippen LogP contribution in [0, 0.1) is 11.3 Å². The van der Waals surface area contributed by atoms with Crippen molar-refractivity contribution in [2.45, 2.75) is 11.3 Å². The molecule has 0 amide bonds. The highest BCUT2D eigenvalue weighted by molar-refractivity contribution is 7.98. The van der Waals surface area contributed by atoms with Gasteiger partial charge in [-0.25, -0.2) is 0 Å². The molecule has 0 fully saturated rings. The second-order valence-electron chi connectivity index (χ2n) is 2.94. The molecule has 0 saturated heterocycles. The summed E-state index contributed by atoms with van der Waals surface area (Å²) in [5.74, 6) is 0.651. The van der Waals surface area contributed by atoms with Crippen LogP contribution >= 0.6 is 11.8 Å². The number of thioether (sulfide) groups is 1. The van der Waals surface area contributed by atoms with Crippen molar-refractivity contribution < 1.29 is 4.74 Å². The van der Waals surface area contributed by atoms with Crippen LogP contribution in [0.4, 0.5) is 0 Å². The minimum absolute atomic E-state index is 0.559. The zero-order valence-corrected chi connectivity index (χ0v) is 9.51. The third-order valence-electron chi connectivity index (χ3n) is 1.93. The SMILES string of the molecule is CSc1cccc(OCCCN)c1C#N. The molecule has 0 aromatic heterocycles. The van der Waals surface area contributed by atoms with Gasteiger partial charge in [-0.2, -0.15) is 5.26 Å². The van der Waals surface area contributed by atoms with Gasteiger partial charge in [-0.05, 0) is 31.4 Å². The molecule has 1 rings (SSSR count). The van der Waals surface area contributed by atoms with Crippen molar-refractivity contribution in [1.29, 1.82) is 5.26 Å². The Labute approximate surface area is 94.2 Å². The molecule has 0 unspecified atom stereocenters. The quantitative estimate of drug-likeness (QED) is 0.611. The van der Waals surface area contributed by atoms with Crippen molar-refractivity contribution in [3.63, 3.8) is 0 Å². The van der Waals surface area contributed by atoms with Gasteiger partial charge in [0.05, 0.1) is 6.61 Å². The predicted octanol–water partition coefficient (Wildman–Crippen LogP) is 2.01. The minimum Gasteiger partial charge on any atom is -0.492 e. The average molecular weight is 222 g/mol. The van der Waals surface area contributed by atoms with Gasteiger partial charge in [0.2, 0.25) is 0 Å². The van der Waals surface area contributed by atoms with Gasteiger partial charge in [0.1, 0.15) is 17.4 Å². The smallest absolute Gasteiger partial charge is 0.138 e. The van der Waals surface area contributed by atoms with Gasteiger partial charge in [-0.1, -0.05) is 6.07 Å². The van der Waals surface area contributed by atoms with Gasteiger partial charge >= 0.3 is 0 Å². The highest BCUT2D eigenvalue weighted by Gasteiger charge is 2.07. The van der Waals surface area contributed by atoms with Crippen LogP contribution in [0.2, 0.25) is 0 Å². The number of nitriles is 1. The highest BCUT2D eigenvalue weighted by Crippen LogP contribution is 2.27. The summed E-state index contributed by atoms with van der Waals surface area (Å²) in [5.41, 5.74) is 5.98. The first-order valence-corrected chi connectivity index (χ1v) is 5.96. The number of hydrogen-bond donors (Lipinski definition) is 1. The van der Waals surface area contributed by atoms with Crippen LogP contribution in [-0.4, -0.2) is 19.4 Å². The maximum atomic E-state index is 9.02. The Bertz CT molecular complexity index is 360. The molecule has 4 heteroatoms. The van der Waals surface area contributed by atoms with Gasteiger partial charge in [0.25, 0.3) is 0 Å². The summed E-state index contributed by atoms with van der Waals surface area (Å²) >= 11 is 1.55. The van der Waals surface area contributed by atoms with Crippen molar-refractivity contribution >= 4 is 11.8 Å². The van der Waals surface area contributed by atoms with Crippen LogP contribution in [0.1, 0.15) is 12.0 Å². The predicted molar refractivity (Wildman–Crippen MR) is 62.1 cm³/mol. The fraction of sp³-hybridized carbons (Fsp3) is 0.364. The first-order chi connectivity index (χ1) is 7.33.